The summed E-state index contributed by atoms with van der Waals surface area (Å²) in [5.41, 5.74) is 1.41. The Hall–Kier alpha value is -0.370. The van der Waals surface area contributed by atoms with Crippen molar-refractivity contribution in [3.8, 4) is 0 Å². The van der Waals surface area contributed by atoms with E-state index in [0.29, 0.717) is 0 Å². The van der Waals surface area contributed by atoms with Crippen LogP contribution in [0.2, 0.25) is 0 Å². The normalized spacial score (nSPS) is 30.1. The molecule has 10 heavy (non-hydrogen) atoms. The van der Waals surface area contributed by atoms with Gasteiger partial charge < -0.3 is 0 Å². The lowest BCUT2D eigenvalue weighted by molar-refractivity contribution is 1.12. The Morgan fingerprint density at radius 1 is 1.40 bits per heavy atom. The summed E-state index contributed by atoms with van der Waals surface area (Å²) in [7, 11) is 0. The maximum Gasteiger partial charge on any atom is 0.0270 e. The van der Waals surface area contributed by atoms with E-state index in [-0.39, 0.29) is 0 Å². The lowest BCUT2D eigenvalue weighted by Gasteiger charge is -1.93. The summed E-state index contributed by atoms with van der Waals surface area (Å²) in [5.74, 6) is 0.753. The van der Waals surface area contributed by atoms with Crippen molar-refractivity contribution in [2.75, 3.05) is 0 Å². The van der Waals surface area contributed by atoms with Crippen LogP contribution in [0, 0.1) is 0 Å². The maximum atomic E-state index is 3.97. The molecule has 1 aliphatic rings. The maximum absolute atomic E-state index is 3.97. The number of halogens is 1. The number of hydrogen-bond acceptors (Lipinski definition) is 1. The topological polar surface area (TPSA) is 12.9 Å². The number of nitrogens with zero attached hydrogens (tertiary/aromatic N) is 1. The molecular weight excluding hydrogens is 190 g/mol. The van der Waals surface area contributed by atoms with Gasteiger partial charge in [0, 0.05) is 17.2 Å². The summed E-state index contributed by atoms with van der Waals surface area (Å²) < 4.78 is 0. The van der Waals surface area contributed by atoms with Gasteiger partial charge in [0.1, 0.15) is 0 Å². The molecule has 1 heterocycles. The van der Waals surface area contributed by atoms with Crippen molar-refractivity contribution in [2.24, 2.45) is 0 Å². The van der Waals surface area contributed by atoms with Crippen molar-refractivity contribution in [2.45, 2.75) is 17.2 Å². The van der Waals surface area contributed by atoms with Crippen LogP contribution in [0.5, 0.6) is 0 Å². The highest BCUT2D eigenvalue weighted by atomic mass is 79.9. The van der Waals surface area contributed by atoms with Crippen LogP contribution in [-0.2, 0) is 0 Å². The molecule has 2 rings (SSSR count). The molecule has 2 atom stereocenters. The summed E-state index contributed by atoms with van der Waals surface area (Å²) in [6.45, 7) is 0. The van der Waals surface area contributed by atoms with Crippen molar-refractivity contribution >= 4 is 15.9 Å². The molecule has 0 amide bonds. The second-order valence-corrected chi connectivity index (χ2v) is 3.81. The number of aromatic nitrogens is 1. The van der Waals surface area contributed by atoms with E-state index in [2.05, 4.69) is 33.0 Å². The minimum atomic E-state index is 0.718. The molecule has 0 saturated heterocycles. The molecule has 0 N–H and O–H groups in total. The highest BCUT2D eigenvalue weighted by Crippen LogP contribution is 2.46. The molecule has 0 aromatic carbocycles. The Labute approximate surface area is 68.6 Å². The monoisotopic (exact) mass is 197 g/mol. The number of hydrogen-bond donors (Lipinski definition) is 0. The molecule has 1 saturated carbocycles. The summed E-state index contributed by atoms with van der Waals surface area (Å²) in [4.78, 5) is 4.68. The molecule has 2 heteroatoms. The molecule has 0 unspecified atom stereocenters. The van der Waals surface area contributed by atoms with Crippen LogP contribution in [-0.4, -0.2) is 9.81 Å². The highest BCUT2D eigenvalue weighted by molar-refractivity contribution is 9.09. The largest absolute Gasteiger partial charge is 0.265 e. The van der Waals surface area contributed by atoms with Gasteiger partial charge in [0.05, 0.1) is 0 Å². The van der Waals surface area contributed by atoms with Gasteiger partial charge in [0.15, 0.2) is 0 Å². The third kappa shape index (κ3) is 1.08. The average Bonchev–Trinajstić information content (AvgIpc) is 2.69. The van der Waals surface area contributed by atoms with E-state index in [4.69, 9.17) is 0 Å². The van der Waals surface area contributed by atoms with Crippen molar-refractivity contribution in [3.05, 3.63) is 30.1 Å². The molecule has 0 spiro atoms. The van der Waals surface area contributed by atoms with Gasteiger partial charge in [-0.3, -0.25) is 4.98 Å². The Morgan fingerprint density at radius 2 is 2.00 bits per heavy atom. The smallest absolute Gasteiger partial charge is 0.0270 e. The minimum Gasteiger partial charge on any atom is -0.265 e. The van der Waals surface area contributed by atoms with Gasteiger partial charge in [-0.05, 0) is 30.0 Å². The molecule has 52 valence electrons. The Kier molecular flexibility index (Phi) is 1.49. The summed E-state index contributed by atoms with van der Waals surface area (Å²) in [5, 5.41) is 0. The summed E-state index contributed by atoms with van der Waals surface area (Å²) in [6.07, 6.45) is 4.99. The molecular formula is C8H8BrN. The third-order valence-electron chi connectivity index (χ3n) is 1.85. The van der Waals surface area contributed by atoms with E-state index < -0.39 is 0 Å². The fraction of sp³-hybridized carbons (Fsp3) is 0.375. The van der Waals surface area contributed by atoms with Crippen molar-refractivity contribution in [1.82, 2.24) is 4.98 Å². The fourth-order valence-corrected chi connectivity index (χ4v) is 1.83. The molecule has 0 radical (unpaired) electrons. The van der Waals surface area contributed by atoms with Crippen molar-refractivity contribution in [3.63, 3.8) is 0 Å². The van der Waals surface area contributed by atoms with E-state index in [0.717, 1.165) is 10.7 Å². The predicted octanol–water partition coefficient (Wildman–Crippen LogP) is 2.33. The van der Waals surface area contributed by atoms with Gasteiger partial charge in [0.2, 0.25) is 0 Å². The molecule has 0 bridgehead atoms. The summed E-state index contributed by atoms with van der Waals surface area (Å²) >= 11 is 3.56. The van der Waals surface area contributed by atoms with Gasteiger partial charge in [-0.2, -0.15) is 0 Å². The van der Waals surface area contributed by atoms with Gasteiger partial charge in [0.25, 0.3) is 0 Å². The van der Waals surface area contributed by atoms with E-state index in [9.17, 15) is 0 Å². The molecule has 1 aromatic heterocycles. The Bertz CT molecular complexity index is 222. The number of pyridine rings is 1. The Morgan fingerprint density at radius 3 is 2.50 bits per heavy atom. The number of alkyl halides is 1. The van der Waals surface area contributed by atoms with Crippen LogP contribution in [0.25, 0.3) is 0 Å². The molecule has 1 aliphatic carbocycles. The van der Waals surface area contributed by atoms with Gasteiger partial charge in [-0.15, -0.1) is 0 Å². The Balaban J connectivity index is 2.20. The van der Waals surface area contributed by atoms with Crippen LogP contribution in [0.3, 0.4) is 0 Å². The van der Waals surface area contributed by atoms with Crippen LogP contribution in [0.15, 0.2) is 24.5 Å². The number of rotatable bonds is 1. The summed E-state index contributed by atoms with van der Waals surface area (Å²) in [6, 6.07) is 4.18. The van der Waals surface area contributed by atoms with Gasteiger partial charge in [-0.1, -0.05) is 15.9 Å². The first-order valence-electron chi connectivity index (χ1n) is 3.42. The first kappa shape index (κ1) is 6.35. The van der Waals surface area contributed by atoms with Gasteiger partial charge >= 0.3 is 0 Å². The lowest BCUT2D eigenvalue weighted by Crippen LogP contribution is -1.80. The highest BCUT2D eigenvalue weighted by Gasteiger charge is 2.35. The van der Waals surface area contributed by atoms with E-state index in [1.165, 1.54) is 12.0 Å². The average molecular weight is 198 g/mol. The van der Waals surface area contributed by atoms with Crippen LogP contribution in [0.4, 0.5) is 0 Å². The SMILES string of the molecule is Br[C@@H]1C[C@H]1c1ccncc1. The van der Waals surface area contributed by atoms with Crippen LogP contribution < -0.4 is 0 Å². The van der Waals surface area contributed by atoms with E-state index >= 15 is 0 Å². The van der Waals surface area contributed by atoms with Gasteiger partial charge in [-0.25, -0.2) is 0 Å². The third-order valence-corrected chi connectivity index (χ3v) is 2.86. The zero-order valence-corrected chi connectivity index (χ0v) is 7.08. The second-order valence-electron chi connectivity index (χ2n) is 2.64. The molecule has 1 fully saturated rings. The lowest BCUT2D eigenvalue weighted by atomic mass is 10.2. The van der Waals surface area contributed by atoms with Crippen molar-refractivity contribution < 1.29 is 0 Å². The van der Waals surface area contributed by atoms with Crippen LogP contribution in [0.1, 0.15) is 17.9 Å². The van der Waals surface area contributed by atoms with Crippen LogP contribution >= 0.6 is 15.9 Å². The van der Waals surface area contributed by atoms with E-state index in [1.807, 2.05) is 12.4 Å². The standard InChI is InChI=1S/C8H8BrN/c9-8-5-7(8)6-1-3-10-4-2-6/h1-4,7-8H,5H2/t7-,8+/m0/s1. The van der Waals surface area contributed by atoms with Crippen molar-refractivity contribution in [1.29, 1.82) is 0 Å². The molecule has 1 aromatic rings. The minimum absolute atomic E-state index is 0.718. The predicted molar refractivity (Wildman–Crippen MR) is 44.3 cm³/mol. The second kappa shape index (κ2) is 2.35. The first-order chi connectivity index (χ1) is 4.88. The quantitative estimate of drug-likeness (QED) is 0.631. The zero-order chi connectivity index (χ0) is 6.97. The molecule has 1 nitrogen and oxygen atoms in total. The fourth-order valence-electron chi connectivity index (χ4n) is 1.12. The van der Waals surface area contributed by atoms with E-state index in [1.54, 1.807) is 0 Å². The molecule has 0 aliphatic heterocycles. The first-order valence-corrected chi connectivity index (χ1v) is 4.33. The zero-order valence-electron chi connectivity index (χ0n) is 5.50.